The van der Waals surface area contributed by atoms with Gasteiger partial charge < -0.3 is 10.2 Å². The molecule has 2 rings (SSSR count). The molecule has 2 N–H and O–H groups in total. The molecule has 0 unspecified atom stereocenters. The van der Waals surface area contributed by atoms with Crippen LogP contribution in [-0.2, 0) is 4.79 Å². The number of nitrogens with zero attached hydrogens (tertiary/aromatic N) is 2. The first-order chi connectivity index (χ1) is 8.27. The molecule has 92 valence electrons. The molecule has 6 nitrogen and oxygen atoms in total. The molecule has 1 aliphatic rings. The summed E-state index contributed by atoms with van der Waals surface area (Å²) in [6.07, 6.45) is 6.23. The molecule has 1 aromatic heterocycles. The molecule has 2 amide bonds. The van der Waals surface area contributed by atoms with Crippen molar-refractivity contribution in [2.75, 3.05) is 19.6 Å². The molecule has 0 aromatic carbocycles. The maximum atomic E-state index is 11.8. The fourth-order valence-electron chi connectivity index (χ4n) is 1.89. The van der Waals surface area contributed by atoms with E-state index >= 15 is 0 Å². The van der Waals surface area contributed by atoms with Gasteiger partial charge in [0, 0.05) is 19.3 Å². The Labute approximate surface area is 99.4 Å². The van der Waals surface area contributed by atoms with E-state index in [9.17, 15) is 9.59 Å². The number of nitrogens with one attached hydrogen (secondary N) is 2. The number of piperidine rings is 1. The number of amides is 2. The van der Waals surface area contributed by atoms with Gasteiger partial charge in [-0.2, -0.15) is 5.10 Å². The van der Waals surface area contributed by atoms with Crippen LogP contribution in [0.25, 0.3) is 0 Å². The third kappa shape index (κ3) is 3.05. The standard InChI is InChI=1S/C11H16N4O2/c16-10(15-4-2-1-3-5-15)8-12-11(17)9-6-13-14-7-9/h6-7H,1-5,8H2,(H,12,17)(H,13,14). The van der Waals surface area contributed by atoms with E-state index in [4.69, 9.17) is 0 Å². The second-order valence-corrected chi connectivity index (χ2v) is 4.11. The number of hydrogen-bond acceptors (Lipinski definition) is 3. The highest BCUT2D eigenvalue weighted by Crippen LogP contribution is 2.08. The molecule has 0 saturated carbocycles. The minimum absolute atomic E-state index is 0.0125. The Kier molecular flexibility index (Phi) is 3.74. The zero-order valence-corrected chi connectivity index (χ0v) is 9.61. The van der Waals surface area contributed by atoms with Gasteiger partial charge >= 0.3 is 0 Å². The van der Waals surface area contributed by atoms with Crippen LogP contribution >= 0.6 is 0 Å². The van der Waals surface area contributed by atoms with E-state index in [1.165, 1.54) is 18.8 Å². The number of likely N-dealkylation sites (tertiary alicyclic amines) is 1. The van der Waals surface area contributed by atoms with Gasteiger partial charge in [0.2, 0.25) is 5.91 Å². The lowest BCUT2D eigenvalue weighted by atomic mass is 10.1. The van der Waals surface area contributed by atoms with Crippen molar-refractivity contribution in [3.05, 3.63) is 18.0 Å². The number of H-pyrrole nitrogens is 1. The molecule has 1 fully saturated rings. The fourth-order valence-corrected chi connectivity index (χ4v) is 1.89. The number of hydrogen-bond donors (Lipinski definition) is 2. The van der Waals surface area contributed by atoms with Gasteiger partial charge in [0.1, 0.15) is 0 Å². The summed E-state index contributed by atoms with van der Waals surface area (Å²) in [6.45, 7) is 1.67. The van der Waals surface area contributed by atoms with Crippen LogP contribution in [-0.4, -0.2) is 46.5 Å². The zero-order valence-electron chi connectivity index (χ0n) is 9.61. The Morgan fingerprint density at radius 2 is 2.12 bits per heavy atom. The van der Waals surface area contributed by atoms with Gasteiger partial charge in [-0.1, -0.05) is 0 Å². The van der Waals surface area contributed by atoms with Crippen LogP contribution in [0.3, 0.4) is 0 Å². The van der Waals surface area contributed by atoms with Crippen LogP contribution in [0.5, 0.6) is 0 Å². The van der Waals surface area contributed by atoms with E-state index in [-0.39, 0.29) is 18.4 Å². The second-order valence-electron chi connectivity index (χ2n) is 4.11. The second kappa shape index (κ2) is 5.47. The SMILES string of the molecule is O=C(NCC(=O)N1CCCCC1)c1cn[nH]c1. The van der Waals surface area contributed by atoms with Crippen molar-refractivity contribution in [2.24, 2.45) is 0 Å². The van der Waals surface area contributed by atoms with Gasteiger partial charge in [-0.3, -0.25) is 14.7 Å². The lowest BCUT2D eigenvalue weighted by molar-refractivity contribution is -0.130. The van der Waals surface area contributed by atoms with Crippen molar-refractivity contribution < 1.29 is 9.59 Å². The maximum absolute atomic E-state index is 11.8. The van der Waals surface area contributed by atoms with Crippen LogP contribution < -0.4 is 5.32 Å². The Morgan fingerprint density at radius 1 is 1.35 bits per heavy atom. The first-order valence-corrected chi connectivity index (χ1v) is 5.82. The highest BCUT2D eigenvalue weighted by molar-refractivity contribution is 5.95. The fraction of sp³-hybridized carbons (Fsp3) is 0.545. The molecule has 17 heavy (non-hydrogen) atoms. The van der Waals surface area contributed by atoms with Crippen LogP contribution in [0, 0.1) is 0 Å². The molecule has 0 atom stereocenters. The van der Waals surface area contributed by atoms with E-state index in [0.29, 0.717) is 5.56 Å². The summed E-state index contributed by atoms with van der Waals surface area (Å²) in [6, 6.07) is 0. The summed E-state index contributed by atoms with van der Waals surface area (Å²) in [4.78, 5) is 25.1. The molecule has 0 radical (unpaired) electrons. The van der Waals surface area contributed by atoms with Crippen LogP contribution in [0.15, 0.2) is 12.4 Å². The van der Waals surface area contributed by atoms with Gasteiger partial charge in [0.05, 0.1) is 18.3 Å². The van der Waals surface area contributed by atoms with Crippen molar-refractivity contribution >= 4 is 11.8 Å². The number of carbonyl (C=O) groups excluding carboxylic acids is 2. The summed E-state index contributed by atoms with van der Waals surface area (Å²) in [5.41, 5.74) is 0.441. The number of carbonyl (C=O) groups is 2. The average molecular weight is 236 g/mol. The third-order valence-corrected chi connectivity index (χ3v) is 2.87. The first-order valence-electron chi connectivity index (χ1n) is 5.82. The predicted molar refractivity (Wildman–Crippen MR) is 61.4 cm³/mol. The van der Waals surface area contributed by atoms with Gasteiger partial charge in [-0.15, -0.1) is 0 Å². The number of aromatic nitrogens is 2. The van der Waals surface area contributed by atoms with Crippen molar-refractivity contribution in [1.82, 2.24) is 20.4 Å². The van der Waals surface area contributed by atoms with Crippen LogP contribution in [0.4, 0.5) is 0 Å². The van der Waals surface area contributed by atoms with Crippen molar-refractivity contribution in [2.45, 2.75) is 19.3 Å². The largest absolute Gasteiger partial charge is 0.343 e. The molecule has 1 aliphatic heterocycles. The summed E-state index contributed by atoms with van der Waals surface area (Å²) in [5, 5.41) is 8.83. The van der Waals surface area contributed by atoms with Crippen LogP contribution in [0.2, 0.25) is 0 Å². The maximum Gasteiger partial charge on any atom is 0.254 e. The van der Waals surface area contributed by atoms with Gasteiger partial charge in [0.15, 0.2) is 0 Å². The summed E-state index contributed by atoms with van der Waals surface area (Å²) in [5.74, 6) is -0.286. The van der Waals surface area contributed by atoms with Gasteiger partial charge in [-0.05, 0) is 19.3 Å². The lowest BCUT2D eigenvalue weighted by Gasteiger charge is -2.26. The van der Waals surface area contributed by atoms with E-state index in [1.807, 2.05) is 0 Å². The average Bonchev–Trinajstić information content (AvgIpc) is 2.90. The normalized spacial score (nSPS) is 15.6. The minimum Gasteiger partial charge on any atom is -0.343 e. The monoisotopic (exact) mass is 236 g/mol. The smallest absolute Gasteiger partial charge is 0.254 e. The van der Waals surface area contributed by atoms with E-state index in [1.54, 1.807) is 4.90 Å². The van der Waals surface area contributed by atoms with Gasteiger partial charge in [-0.25, -0.2) is 0 Å². The quantitative estimate of drug-likeness (QED) is 0.784. The zero-order chi connectivity index (χ0) is 12.1. The molecular weight excluding hydrogens is 220 g/mol. The highest BCUT2D eigenvalue weighted by atomic mass is 16.2. The molecule has 0 spiro atoms. The first kappa shape index (κ1) is 11.6. The molecular formula is C11H16N4O2. The molecule has 6 heteroatoms. The number of rotatable bonds is 3. The van der Waals surface area contributed by atoms with Gasteiger partial charge in [0.25, 0.3) is 5.91 Å². The van der Waals surface area contributed by atoms with Crippen molar-refractivity contribution in [1.29, 1.82) is 0 Å². The summed E-state index contributed by atoms with van der Waals surface area (Å²) >= 11 is 0. The number of aromatic amines is 1. The van der Waals surface area contributed by atoms with Crippen LogP contribution in [0.1, 0.15) is 29.6 Å². The Morgan fingerprint density at radius 3 is 2.76 bits per heavy atom. The molecule has 2 heterocycles. The Balaban J connectivity index is 1.77. The third-order valence-electron chi connectivity index (χ3n) is 2.87. The van der Waals surface area contributed by atoms with E-state index in [2.05, 4.69) is 15.5 Å². The minimum atomic E-state index is -0.274. The highest BCUT2D eigenvalue weighted by Gasteiger charge is 2.17. The molecule has 1 saturated heterocycles. The Hall–Kier alpha value is -1.85. The van der Waals surface area contributed by atoms with Crippen molar-refractivity contribution in [3.63, 3.8) is 0 Å². The molecule has 0 bridgehead atoms. The van der Waals surface area contributed by atoms with Crippen molar-refractivity contribution in [3.8, 4) is 0 Å². The van der Waals surface area contributed by atoms with E-state index in [0.717, 1.165) is 25.9 Å². The lowest BCUT2D eigenvalue weighted by Crippen LogP contribution is -2.42. The topological polar surface area (TPSA) is 78.1 Å². The van der Waals surface area contributed by atoms with E-state index < -0.39 is 0 Å². The summed E-state index contributed by atoms with van der Waals surface area (Å²) in [7, 11) is 0. The predicted octanol–water partition coefficient (Wildman–Crippen LogP) is 0.152. The Bertz CT molecular complexity index is 382. The summed E-state index contributed by atoms with van der Waals surface area (Å²) < 4.78 is 0. The molecule has 1 aromatic rings. The molecule has 0 aliphatic carbocycles.